The minimum atomic E-state index is 0.440. The molecule has 3 heteroatoms. The molecule has 1 aliphatic rings. The first-order chi connectivity index (χ1) is 8.63. The molecular weight excluding hydrogens is 222 g/mol. The fourth-order valence-corrected chi connectivity index (χ4v) is 2.96. The highest BCUT2D eigenvalue weighted by Crippen LogP contribution is 2.23. The van der Waals surface area contributed by atoms with E-state index in [2.05, 4.69) is 30.8 Å². The molecule has 0 heterocycles. The van der Waals surface area contributed by atoms with Crippen molar-refractivity contribution >= 4 is 0 Å². The lowest BCUT2D eigenvalue weighted by Gasteiger charge is -2.29. The number of nitrogens with zero attached hydrogens (tertiary/aromatic N) is 2. The van der Waals surface area contributed by atoms with Gasteiger partial charge >= 0.3 is 0 Å². The molecule has 2 N–H and O–H groups in total. The monoisotopic (exact) mass is 255 g/mol. The van der Waals surface area contributed by atoms with Crippen molar-refractivity contribution in [3.8, 4) is 0 Å². The molecule has 108 valence electrons. The van der Waals surface area contributed by atoms with Crippen molar-refractivity contribution in [2.75, 3.05) is 40.3 Å². The normalized spacial score (nSPS) is 25.7. The van der Waals surface area contributed by atoms with Crippen LogP contribution in [0.1, 0.15) is 45.4 Å². The summed E-state index contributed by atoms with van der Waals surface area (Å²) in [7, 11) is 4.30. The van der Waals surface area contributed by atoms with E-state index in [0.717, 1.165) is 12.5 Å². The molecule has 0 bridgehead atoms. The average Bonchev–Trinajstić information content (AvgIpc) is 2.53. The van der Waals surface area contributed by atoms with Crippen molar-refractivity contribution in [3.05, 3.63) is 0 Å². The first kappa shape index (κ1) is 15.9. The van der Waals surface area contributed by atoms with Crippen LogP contribution in [0.2, 0.25) is 0 Å². The third kappa shape index (κ3) is 6.17. The summed E-state index contributed by atoms with van der Waals surface area (Å²) in [5, 5.41) is 0. The van der Waals surface area contributed by atoms with E-state index in [4.69, 9.17) is 5.73 Å². The Kier molecular flexibility index (Phi) is 7.87. The van der Waals surface area contributed by atoms with E-state index in [1.165, 1.54) is 58.2 Å². The highest BCUT2D eigenvalue weighted by atomic mass is 15.1. The third-order valence-electron chi connectivity index (χ3n) is 4.24. The first-order valence-corrected chi connectivity index (χ1v) is 7.76. The highest BCUT2D eigenvalue weighted by molar-refractivity contribution is 4.79. The van der Waals surface area contributed by atoms with Crippen LogP contribution in [0.5, 0.6) is 0 Å². The maximum atomic E-state index is 6.32. The van der Waals surface area contributed by atoms with E-state index in [-0.39, 0.29) is 0 Å². The van der Waals surface area contributed by atoms with Crippen molar-refractivity contribution in [1.82, 2.24) is 9.80 Å². The van der Waals surface area contributed by atoms with Crippen LogP contribution in [-0.2, 0) is 0 Å². The Labute approximate surface area is 114 Å². The van der Waals surface area contributed by atoms with Gasteiger partial charge in [0.15, 0.2) is 0 Å². The summed E-state index contributed by atoms with van der Waals surface area (Å²) in [5.74, 6) is 0.729. The molecule has 0 aromatic rings. The molecule has 1 rings (SSSR count). The van der Waals surface area contributed by atoms with E-state index >= 15 is 0 Å². The maximum Gasteiger partial charge on any atom is 0.00793 e. The van der Waals surface area contributed by atoms with Crippen LogP contribution in [0.25, 0.3) is 0 Å². The Morgan fingerprint density at radius 1 is 1.06 bits per heavy atom. The summed E-state index contributed by atoms with van der Waals surface area (Å²) >= 11 is 0. The van der Waals surface area contributed by atoms with Crippen molar-refractivity contribution in [2.45, 2.75) is 51.5 Å². The summed E-state index contributed by atoms with van der Waals surface area (Å²) < 4.78 is 0. The lowest BCUT2D eigenvalue weighted by Crippen LogP contribution is -2.39. The Morgan fingerprint density at radius 3 is 2.44 bits per heavy atom. The van der Waals surface area contributed by atoms with Gasteiger partial charge in [0, 0.05) is 12.6 Å². The van der Waals surface area contributed by atoms with Crippen molar-refractivity contribution in [2.24, 2.45) is 11.7 Å². The smallest absolute Gasteiger partial charge is 0.00793 e. The summed E-state index contributed by atoms with van der Waals surface area (Å²) in [6.45, 7) is 7.06. The summed E-state index contributed by atoms with van der Waals surface area (Å²) in [6, 6.07) is 0.440. The molecule has 2 unspecified atom stereocenters. The van der Waals surface area contributed by atoms with Gasteiger partial charge in [-0.3, -0.25) is 0 Å². The average molecular weight is 255 g/mol. The molecule has 0 spiro atoms. The van der Waals surface area contributed by atoms with Crippen molar-refractivity contribution < 1.29 is 0 Å². The molecule has 0 aromatic carbocycles. The minimum Gasteiger partial charge on any atom is -0.327 e. The molecular formula is C15H33N3. The van der Waals surface area contributed by atoms with Gasteiger partial charge in [0.1, 0.15) is 0 Å². The predicted molar refractivity (Wildman–Crippen MR) is 79.8 cm³/mol. The van der Waals surface area contributed by atoms with Crippen molar-refractivity contribution in [3.63, 3.8) is 0 Å². The fourth-order valence-electron chi connectivity index (χ4n) is 2.96. The second kappa shape index (κ2) is 8.89. The van der Waals surface area contributed by atoms with Gasteiger partial charge in [0.25, 0.3) is 0 Å². The Morgan fingerprint density at radius 2 is 1.78 bits per heavy atom. The van der Waals surface area contributed by atoms with Gasteiger partial charge in [-0.15, -0.1) is 0 Å². The zero-order valence-electron chi connectivity index (χ0n) is 12.7. The third-order valence-corrected chi connectivity index (χ3v) is 4.24. The Hall–Kier alpha value is -0.120. The molecule has 0 aliphatic heterocycles. The van der Waals surface area contributed by atoms with Crippen LogP contribution in [0, 0.1) is 5.92 Å². The molecule has 0 amide bonds. The maximum absolute atomic E-state index is 6.32. The molecule has 18 heavy (non-hydrogen) atoms. The lowest BCUT2D eigenvalue weighted by molar-refractivity contribution is 0.206. The Bertz CT molecular complexity index is 206. The largest absolute Gasteiger partial charge is 0.327 e. The molecule has 3 nitrogen and oxygen atoms in total. The number of rotatable bonds is 7. The van der Waals surface area contributed by atoms with Crippen LogP contribution >= 0.6 is 0 Å². The van der Waals surface area contributed by atoms with Gasteiger partial charge in [-0.05, 0) is 58.9 Å². The number of hydrogen-bond acceptors (Lipinski definition) is 3. The zero-order chi connectivity index (χ0) is 13.4. The highest BCUT2D eigenvalue weighted by Gasteiger charge is 2.22. The lowest BCUT2D eigenvalue weighted by atomic mass is 9.95. The minimum absolute atomic E-state index is 0.440. The molecule has 0 radical (unpaired) electrons. The second-order valence-electron chi connectivity index (χ2n) is 6.11. The van der Waals surface area contributed by atoms with Gasteiger partial charge in [-0.2, -0.15) is 0 Å². The SMILES string of the molecule is CCN(CCCN(C)C)CC1CCCCCC1N. The molecule has 0 aromatic heterocycles. The van der Waals surface area contributed by atoms with Crippen molar-refractivity contribution in [1.29, 1.82) is 0 Å². The predicted octanol–water partition coefficient (Wildman–Crippen LogP) is 2.17. The molecule has 2 atom stereocenters. The van der Waals surface area contributed by atoms with Gasteiger partial charge in [0.05, 0.1) is 0 Å². The van der Waals surface area contributed by atoms with E-state index < -0.39 is 0 Å². The topological polar surface area (TPSA) is 32.5 Å². The van der Waals surface area contributed by atoms with Crippen LogP contribution < -0.4 is 5.73 Å². The van der Waals surface area contributed by atoms with Gasteiger partial charge in [0.2, 0.25) is 0 Å². The standard InChI is InChI=1S/C15H33N3/c1-4-18(12-8-11-17(2)3)13-14-9-6-5-7-10-15(14)16/h14-15H,4-13,16H2,1-3H3. The summed E-state index contributed by atoms with van der Waals surface area (Å²) in [5.41, 5.74) is 6.32. The van der Waals surface area contributed by atoms with Gasteiger partial charge in [-0.25, -0.2) is 0 Å². The van der Waals surface area contributed by atoms with Gasteiger partial charge in [-0.1, -0.05) is 26.2 Å². The van der Waals surface area contributed by atoms with Crippen LogP contribution in [0.4, 0.5) is 0 Å². The summed E-state index contributed by atoms with van der Waals surface area (Å²) in [6.07, 6.45) is 7.95. The summed E-state index contributed by atoms with van der Waals surface area (Å²) in [4.78, 5) is 4.87. The molecule has 1 aliphatic carbocycles. The molecule has 1 fully saturated rings. The zero-order valence-corrected chi connectivity index (χ0v) is 12.7. The van der Waals surface area contributed by atoms with E-state index in [9.17, 15) is 0 Å². The van der Waals surface area contributed by atoms with E-state index in [1.54, 1.807) is 0 Å². The molecule has 0 saturated heterocycles. The van der Waals surface area contributed by atoms with E-state index in [0.29, 0.717) is 6.04 Å². The fraction of sp³-hybridized carbons (Fsp3) is 1.00. The quantitative estimate of drug-likeness (QED) is 0.708. The van der Waals surface area contributed by atoms with Crippen LogP contribution in [-0.4, -0.2) is 56.1 Å². The molecule has 1 saturated carbocycles. The van der Waals surface area contributed by atoms with E-state index in [1.807, 2.05) is 0 Å². The number of nitrogens with two attached hydrogens (primary N) is 1. The van der Waals surface area contributed by atoms with Crippen LogP contribution in [0.3, 0.4) is 0 Å². The van der Waals surface area contributed by atoms with Crippen LogP contribution in [0.15, 0.2) is 0 Å². The van der Waals surface area contributed by atoms with Gasteiger partial charge < -0.3 is 15.5 Å². The Balaban J connectivity index is 2.31. The second-order valence-corrected chi connectivity index (χ2v) is 6.11. The number of hydrogen-bond donors (Lipinski definition) is 1. The first-order valence-electron chi connectivity index (χ1n) is 7.76.